The molecule has 0 spiro atoms. The van der Waals surface area contributed by atoms with E-state index in [4.69, 9.17) is 0 Å². The quantitative estimate of drug-likeness (QED) is 0.894. The summed E-state index contributed by atoms with van der Waals surface area (Å²) in [5, 5.41) is 3.69. The van der Waals surface area contributed by atoms with Crippen molar-refractivity contribution in [2.75, 3.05) is 11.4 Å². The Labute approximate surface area is 117 Å². The van der Waals surface area contributed by atoms with E-state index >= 15 is 0 Å². The van der Waals surface area contributed by atoms with Gasteiger partial charge in [0, 0.05) is 23.8 Å². The molecule has 1 fully saturated rings. The predicted molar refractivity (Wildman–Crippen MR) is 81.8 cm³/mol. The van der Waals surface area contributed by atoms with Crippen molar-refractivity contribution in [1.29, 1.82) is 0 Å². The van der Waals surface area contributed by atoms with Gasteiger partial charge in [0.1, 0.15) is 0 Å². The predicted octanol–water partition coefficient (Wildman–Crippen LogP) is 3.36. The third-order valence-corrected chi connectivity index (χ3v) is 4.77. The second kappa shape index (κ2) is 5.54. The minimum absolute atomic E-state index is 0.634. The minimum atomic E-state index is 0.634. The zero-order valence-corrected chi connectivity index (χ0v) is 12.2. The third kappa shape index (κ3) is 2.64. The van der Waals surface area contributed by atoms with Gasteiger partial charge in [-0.1, -0.05) is 24.6 Å². The van der Waals surface area contributed by atoms with Crippen LogP contribution >= 0.6 is 0 Å². The Morgan fingerprint density at radius 3 is 2.95 bits per heavy atom. The lowest BCUT2D eigenvalue weighted by molar-refractivity contribution is 0.355. The van der Waals surface area contributed by atoms with Gasteiger partial charge < -0.3 is 10.2 Å². The third-order valence-electron chi connectivity index (χ3n) is 4.77. The standard InChI is InChI=1S/C17H26N2/c1-13-11-15-7-3-4-9-17(15)19(13)14(2)12-16-8-5-6-10-18-16/h3-4,7,9,13-14,16,18H,5-6,8,10-12H2,1-2H3. The maximum atomic E-state index is 3.69. The molecule has 0 saturated carbocycles. The Morgan fingerprint density at radius 2 is 2.16 bits per heavy atom. The largest absolute Gasteiger partial charge is 0.366 e. The zero-order valence-electron chi connectivity index (χ0n) is 12.2. The van der Waals surface area contributed by atoms with Gasteiger partial charge in [0.2, 0.25) is 0 Å². The number of hydrogen-bond donors (Lipinski definition) is 1. The van der Waals surface area contributed by atoms with Gasteiger partial charge in [-0.05, 0) is 57.7 Å². The normalized spacial score (nSPS) is 28.2. The monoisotopic (exact) mass is 258 g/mol. The molecule has 1 aromatic carbocycles. The van der Waals surface area contributed by atoms with Crippen molar-refractivity contribution in [2.45, 2.75) is 64.1 Å². The van der Waals surface area contributed by atoms with Crippen LogP contribution < -0.4 is 10.2 Å². The Morgan fingerprint density at radius 1 is 1.32 bits per heavy atom. The zero-order chi connectivity index (χ0) is 13.2. The minimum Gasteiger partial charge on any atom is -0.366 e. The SMILES string of the molecule is CC1Cc2ccccc2N1C(C)CC1CCCCN1. The highest BCUT2D eigenvalue weighted by Gasteiger charge is 2.30. The fraction of sp³-hybridized carbons (Fsp3) is 0.647. The van der Waals surface area contributed by atoms with Crippen molar-refractivity contribution < 1.29 is 0 Å². The maximum Gasteiger partial charge on any atom is 0.0404 e. The molecule has 3 atom stereocenters. The Kier molecular flexibility index (Phi) is 3.79. The van der Waals surface area contributed by atoms with Gasteiger partial charge in [0.25, 0.3) is 0 Å². The summed E-state index contributed by atoms with van der Waals surface area (Å²) in [5.41, 5.74) is 3.00. The number of piperidine rings is 1. The van der Waals surface area contributed by atoms with Gasteiger partial charge >= 0.3 is 0 Å². The van der Waals surface area contributed by atoms with Crippen molar-refractivity contribution in [3.8, 4) is 0 Å². The summed E-state index contributed by atoms with van der Waals surface area (Å²) >= 11 is 0. The number of fused-ring (bicyclic) bond motifs is 1. The molecule has 1 N–H and O–H groups in total. The first-order chi connectivity index (χ1) is 9.25. The van der Waals surface area contributed by atoms with E-state index in [1.807, 2.05) is 0 Å². The fourth-order valence-corrected chi connectivity index (χ4v) is 3.91. The summed E-state index contributed by atoms with van der Waals surface area (Å²) in [6.45, 7) is 5.98. The molecule has 19 heavy (non-hydrogen) atoms. The highest BCUT2D eigenvalue weighted by atomic mass is 15.2. The molecule has 3 unspecified atom stereocenters. The van der Waals surface area contributed by atoms with Crippen LogP contribution in [0.15, 0.2) is 24.3 Å². The summed E-state index contributed by atoms with van der Waals surface area (Å²) < 4.78 is 0. The van der Waals surface area contributed by atoms with E-state index in [2.05, 4.69) is 48.3 Å². The van der Waals surface area contributed by atoms with Gasteiger partial charge in [0.15, 0.2) is 0 Å². The lowest BCUT2D eigenvalue weighted by atomic mass is 9.97. The molecule has 1 aromatic rings. The number of nitrogens with one attached hydrogen (secondary N) is 1. The number of para-hydroxylation sites is 1. The molecule has 2 aliphatic heterocycles. The van der Waals surface area contributed by atoms with Crippen molar-refractivity contribution in [1.82, 2.24) is 5.32 Å². The lowest BCUT2D eigenvalue weighted by Gasteiger charge is -2.35. The van der Waals surface area contributed by atoms with Gasteiger partial charge in [-0.15, -0.1) is 0 Å². The molecule has 2 heterocycles. The maximum absolute atomic E-state index is 3.69. The molecule has 0 aliphatic carbocycles. The first-order valence-corrected chi connectivity index (χ1v) is 7.85. The van der Waals surface area contributed by atoms with Gasteiger partial charge in [-0.3, -0.25) is 0 Å². The number of benzene rings is 1. The highest BCUT2D eigenvalue weighted by molar-refractivity contribution is 5.59. The average Bonchev–Trinajstić information content (AvgIpc) is 2.75. The Balaban J connectivity index is 1.70. The first kappa shape index (κ1) is 13.0. The fourth-order valence-electron chi connectivity index (χ4n) is 3.91. The number of hydrogen-bond acceptors (Lipinski definition) is 2. The lowest BCUT2D eigenvalue weighted by Crippen LogP contribution is -2.44. The van der Waals surface area contributed by atoms with Crippen molar-refractivity contribution in [3.63, 3.8) is 0 Å². The number of nitrogens with zero attached hydrogens (tertiary/aromatic N) is 1. The van der Waals surface area contributed by atoms with E-state index < -0.39 is 0 Å². The van der Waals surface area contributed by atoms with Crippen LogP contribution in [0.3, 0.4) is 0 Å². The number of anilines is 1. The van der Waals surface area contributed by atoms with Crippen LogP contribution in [-0.4, -0.2) is 24.7 Å². The van der Waals surface area contributed by atoms with Crippen molar-refractivity contribution >= 4 is 5.69 Å². The summed E-state index contributed by atoms with van der Waals surface area (Å²) in [7, 11) is 0. The molecule has 2 aliphatic rings. The molecule has 0 radical (unpaired) electrons. The topological polar surface area (TPSA) is 15.3 Å². The number of rotatable bonds is 3. The molecule has 0 amide bonds. The van der Waals surface area contributed by atoms with Crippen LogP contribution in [0.5, 0.6) is 0 Å². The van der Waals surface area contributed by atoms with Crippen LogP contribution in [0.4, 0.5) is 5.69 Å². The van der Waals surface area contributed by atoms with Crippen molar-refractivity contribution in [2.24, 2.45) is 0 Å². The van der Waals surface area contributed by atoms with Crippen LogP contribution in [0, 0.1) is 0 Å². The van der Waals surface area contributed by atoms with Gasteiger partial charge in [-0.2, -0.15) is 0 Å². The van der Waals surface area contributed by atoms with Gasteiger partial charge in [0.05, 0.1) is 0 Å². The second-order valence-electron chi connectivity index (χ2n) is 6.32. The molecule has 2 nitrogen and oxygen atoms in total. The molecule has 1 saturated heterocycles. The molecular formula is C17H26N2. The molecule has 2 heteroatoms. The Hall–Kier alpha value is -1.02. The molecule has 0 aromatic heterocycles. The molecule has 3 rings (SSSR count). The van der Waals surface area contributed by atoms with E-state index in [1.165, 1.54) is 49.9 Å². The van der Waals surface area contributed by atoms with Crippen molar-refractivity contribution in [3.05, 3.63) is 29.8 Å². The van der Waals surface area contributed by atoms with Crippen LogP contribution in [-0.2, 0) is 6.42 Å². The summed E-state index contributed by atoms with van der Waals surface area (Å²) in [6.07, 6.45) is 6.59. The van der Waals surface area contributed by atoms with E-state index in [0.29, 0.717) is 12.1 Å². The molecular weight excluding hydrogens is 232 g/mol. The van der Waals surface area contributed by atoms with E-state index in [9.17, 15) is 0 Å². The van der Waals surface area contributed by atoms with Gasteiger partial charge in [-0.25, -0.2) is 0 Å². The summed E-state index contributed by atoms with van der Waals surface area (Å²) in [5.74, 6) is 0. The van der Waals surface area contributed by atoms with Crippen LogP contribution in [0.1, 0.15) is 45.1 Å². The average molecular weight is 258 g/mol. The summed E-state index contributed by atoms with van der Waals surface area (Å²) in [4.78, 5) is 2.64. The first-order valence-electron chi connectivity index (χ1n) is 7.85. The van der Waals surface area contributed by atoms with Crippen LogP contribution in [0.25, 0.3) is 0 Å². The van der Waals surface area contributed by atoms with E-state index in [-0.39, 0.29) is 0 Å². The molecule has 0 bridgehead atoms. The highest BCUT2D eigenvalue weighted by Crippen LogP contribution is 2.34. The second-order valence-corrected chi connectivity index (χ2v) is 6.32. The Bertz CT molecular complexity index is 423. The summed E-state index contributed by atoms with van der Waals surface area (Å²) in [6, 6.07) is 10.9. The smallest absolute Gasteiger partial charge is 0.0404 e. The van der Waals surface area contributed by atoms with E-state index in [1.54, 1.807) is 0 Å². The molecule has 104 valence electrons. The van der Waals surface area contributed by atoms with Crippen LogP contribution in [0.2, 0.25) is 0 Å². The van der Waals surface area contributed by atoms with E-state index in [0.717, 1.165) is 6.04 Å².